The Morgan fingerprint density at radius 3 is 2.92 bits per heavy atom. The Labute approximate surface area is 143 Å². The summed E-state index contributed by atoms with van der Waals surface area (Å²) in [6, 6.07) is 1.84. The molecule has 1 amide bonds. The number of morpholine rings is 1. The second-order valence-electron chi connectivity index (χ2n) is 6.66. The van der Waals surface area contributed by atoms with Crippen molar-refractivity contribution >= 4 is 23.0 Å². The standard InChI is InChI=1S/C17H19N3O5/c1-9-15-12(7-13(10-2-3-10)18-16(15)25-19-9)17(23)20-4-5-24-11(8-20)6-14(21)22/h7,10-11H,2-6,8H2,1H3,(H,21,22). The van der Waals surface area contributed by atoms with E-state index in [9.17, 15) is 9.59 Å². The number of fused-ring (bicyclic) bond motifs is 1. The van der Waals surface area contributed by atoms with Gasteiger partial charge in [-0.3, -0.25) is 9.59 Å². The molecule has 8 nitrogen and oxygen atoms in total. The second kappa shape index (κ2) is 6.11. The fourth-order valence-corrected chi connectivity index (χ4v) is 3.26. The van der Waals surface area contributed by atoms with Crippen molar-refractivity contribution in [1.29, 1.82) is 0 Å². The number of hydrogen-bond acceptors (Lipinski definition) is 6. The molecule has 132 valence electrons. The van der Waals surface area contributed by atoms with Crippen molar-refractivity contribution in [1.82, 2.24) is 15.0 Å². The van der Waals surface area contributed by atoms with Gasteiger partial charge in [0.25, 0.3) is 11.6 Å². The number of rotatable bonds is 4. The Kier molecular flexibility index (Phi) is 3.91. The van der Waals surface area contributed by atoms with Crippen LogP contribution in [0.5, 0.6) is 0 Å². The Bertz CT molecular complexity index is 842. The summed E-state index contributed by atoms with van der Waals surface area (Å²) >= 11 is 0. The van der Waals surface area contributed by atoms with E-state index >= 15 is 0 Å². The largest absolute Gasteiger partial charge is 0.481 e. The number of carboxylic acids is 1. The normalized spacial score (nSPS) is 20.8. The van der Waals surface area contributed by atoms with Gasteiger partial charge in [0.1, 0.15) is 0 Å². The van der Waals surface area contributed by atoms with Crippen molar-refractivity contribution in [2.24, 2.45) is 0 Å². The molecule has 0 radical (unpaired) electrons. The van der Waals surface area contributed by atoms with E-state index in [0.717, 1.165) is 18.5 Å². The lowest BCUT2D eigenvalue weighted by atomic mass is 10.1. The van der Waals surface area contributed by atoms with Crippen LogP contribution in [0.4, 0.5) is 0 Å². The number of carbonyl (C=O) groups is 2. The number of carboxylic acid groups (broad SMARTS) is 1. The summed E-state index contributed by atoms with van der Waals surface area (Å²) in [4.78, 5) is 30.2. The van der Waals surface area contributed by atoms with Gasteiger partial charge in [-0.2, -0.15) is 0 Å². The first-order valence-corrected chi connectivity index (χ1v) is 8.42. The van der Waals surface area contributed by atoms with Gasteiger partial charge in [-0.05, 0) is 25.8 Å². The van der Waals surface area contributed by atoms with Crippen molar-refractivity contribution in [3.05, 3.63) is 23.0 Å². The third-order valence-corrected chi connectivity index (χ3v) is 4.69. The highest BCUT2D eigenvalue weighted by molar-refractivity contribution is 6.06. The van der Waals surface area contributed by atoms with Gasteiger partial charge in [0.15, 0.2) is 0 Å². The molecular weight excluding hydrogens is 326 g/mol. The zero-order chi connectivity index (χ0) is 17.6. The molecule has 1 saturated carbocycles. The molecule has 0 aromatic carbocycles. The van der Waals surface area contributed by atoms with Crippen LogP contribution in [0, 0.1) is 6.92 Å². The first-order chi connectivity index (χ1) is 12.0. The number of aryl methyl sites for hydroxylation is 1. The lowest BCUT2D eigenvalue weighted by Crippen LogP contribution is -2.46. The molecule has 1 saturated heterocycles. The quantitative estimate of drug-likeness (QED) is 0.899. The molecule has 1 unspecified atom stereocenters. The second-order valence-corrected chi connectivity index (χ2v) is 6.66. The van der Waals surface area contributed by atoms with Gasteiger partial charge in [-0.25, -0.2) is 4.98 Å². The van der Waals surface area contributed by atoms with Gasteiger partial charge in [0.2, 0.25) is 0 Å². The lowest BCUT2D eigenvalue weighted by molar-refractivity contribution is -0.141. The van der Waals surface area contributed by atoms with Crippen molar-refractivity contribution in [3.8, 4) is 0 Å². The maximum atomic E-state index is 13.1. The Morgan fingerprint density at radius 1 is 1.40 bits per heavy atom. The molecule has 8 heteroatoms. The van der Waals surface area contributed by atoms with E-state index in [4.69, 9.17) is 14.4 Å². The molecule has 1 N–H and O–H groups in total. The minimum absolute atomic E-state index is 0.116. The van der Waals surface area contributed by atoms with E-state index in [1.165, 1.54) is 0 Å². The number of hydrogen-bond donors (Lipinski definition) is 1. The predicted molar refractivity (Wildman–Crippen MR) is 86.4 cm³/mol. The molecule has 2 aromatic heterocycles. The molecule has 1 aliphatic carbocycles. The van der Waals surface area contributed by atoms with E-state index in [0.29, 0.717) is 41.4 Å². The first-order valence-electron chi connectivity index (χ1n) is 8.42. The minimum atomic E-state index is -0.934. The summed E-state index contributed by atoms with van der Waals surface area (Å²) in [5.41, 5.74) is 2.41. The smallest absolute Gasteiger partial charge is 0.306 e. The Hall–Kier alpha value is -2.48. The van der Waals surface area contributed by atoms with Crippen LogP contribution in [0.15, 0.2) is 10.6 Å². The Balaban J connectivity index is 1.67. The molecule has 2 aliphatic rings. The number of aliphatic carboxylic acids is 1. The summed E-state index contributed by atoms with van der Waals surface area (Å²) in [6.07, 6.45) is 1.53. The summed E-state index contributed by atoms with van der Waals surface area (Å²) in [5.74, 6) is -0.707. The maximum Gasteiger partial charge on any atom is 0.306 e. The summed E-state index contributed by atoms with van der Waals surface area (Å²) < 4.78 is 10.7. The average molecular weight is 345 g/mol. The zero-order valence-corrected chi connectivity index (χ0v) is 13.9. The lowest BCUT2D eigenvalue weighted by Gasteiger charge is -2.32. The van der Waals surface area contributed by atoms with Crippen LogP contribution >= 0.6 is 0 Å². The topological polar surface area (TPSA) is 106 Å². The van der Waals surface area contributed by atoms with Crippen molar-refractivity contribution in [2.45, 2.75) is 38.2 Å². The number of amides is 1. The summed E-state index contributed by atoms with van der Waals surface area (Å²) in [6.45, 7) is 2.81. The third-order valence-electron chi connectivity index (χ3n) is 4.69. The molecule has 2 fully saturated rings. The zero-order valence-electron chi connectivity index (χ0n) is 13.9. The van der Waals surface area contributed by atoms with Crippen molar-refractivity contribution in [3.63, 3.8) is 0 Å². The molecule has 1 atom stereocenters. The predicted octanol–water partition coefficient (Wildman–Crippen LogP) is 1.72. The van der Waals surface area contributed by atoms with Gasteiger partial charge in [0, 0.05) is 24.7 Å². The highest BCUT2D eigenvalue weighted by Crippen LogP contribution is 2.40. The van der Waals surface area contributed by atoms with E-state index < -0.39 is 12.1 Å². The molecule has 0 spiro atoms. The van der Waals surface area contributed by atoms with E-state index in [2.05, 4.69) is 10.1 Å². The SMILES string of the molecule is Cc1noc2nc(C3CC3)cc(C(=O)N3CCOC(CC(=O)O)C3)c12. The Morgan fingerprint density at radius 2 is 2.20 bits per heavy atom. The average Bonchev–Trinajstić information content (AvgIpc) is 3.37. The number of carbonyl (C=O) groups excluding carboxylic acids is 1. The first kappa shape index (κ1) is 16.0. The third kappa shape index (κ3) is 3.09. The van der Waals surface area contributed by atoms with E-state index in [-0.39, 0.29) is 18.9 Å². The minimum Gasteiger partial charge on any atom is -0.481 e. The fraction of sp³-hybridized carbons (Fsp3) is 0.529. The van der Waals surface area contributed by atoms with Crippen LogP contribution in [0.2, 0.25) is 0 Å². The summed E-state index contributed by atoms with van der Waals surface area (Å²) in [5, 5.41) is 13.5. The van der Waals surface area contributed by atoms with E-state index in [1.54, 1.807) is 11.8 Å². The van der Waals surface area contributed by atoms with Gasteiger partial charge in [-0.1, -0.05) is 5.16 Å². The van der Waals surface area contributed by atoms with Gasteiger partial charge >= 0.3 is 5.97 Å². The molecule has 25 heavy (non-hydrogen) atoms. The maximum absolute atomic E-state index is 13.1. The van der Waals surface area contributed by atoms with Crippen LogP contribution < -0.4 is 0 Å². The van der Waals surface area contributed by atoms with Crippen LogP contribution in [0.25, 0.3) is 11.1 Å². The van der Waals surface area contributed by atoms with Gasteiger partial charge < -0.3 is 19.3 Å². The highest BCUT2D eigenvalue weighted by atomic mass is 16.5. The monoisotopic (exact) mass is 345 g/mol. The van der Waals surface area contributed by atoms with Crippen molar-refractivity contribution < 1.29 is 24.0 Å². The van der Waals surface area contributed by atoms with Crippen LogP contribution in [-0.2, 0) is 9.53 Å². The highest BCUT2D eigenvalue weighted by Gasteiger charge is 2.32. The number of pyridine rings is 1. The molecule has 2 aromatic rings. The number of aromatic nitrogens is 2. The summed E-state index contributed by atoms with van der Waals surface area (Å²) in [7, 11) is 0. The number of nitrogens with zero attached hydrogens (tertiary/aromatic N) is 3. The molecule has 0 bridgehead atoms. The molecule has 4 rings (SSSR count). The molecular formula is C17H19N3O5. The van der Waals surface area contributed by atoms with Crippen LogP contribution in [0.1, 0.15) is 46.9 Å². The molecule has 1 aliphatic heterocycles. The van der Waals surface area contributed by atoms with Crippen LogP contribution in [0.3, 0.4) is 0 Å². The van der Waals surface area contributed by atoms with Crippen LogP contribution in [-0.4, -0.2) is 57.8 Å². The number of ether oxygens (including phenoxy) is 1. The van der Waals surface area contributed by atoms with Gasteiger partial charge in [-0.15, -0.1) is 0 Å². The van der Waals surface area contributed by atoms with Gasteiger partial charge in [0.05, 0.1) is 35.8 Å². The van der Waals surface area contributed by atoms with E-state index in [1.807, 2.05) is 6.07 Å². The fourth-order valence-electron chi connectivity index (χ4n) is 3.26. The molecule has 3 heterocycles. The van der Waals surface area contributed by atoms with Crippen molar-refractivity contribution in [2.75, 3.05) is 19.7 Å².